The van der Waals surface area contributed by atoms with Gasteiger partial charge in [-0.3, -0.25) is 0 Å². The fourth-order valence-corrected chi connectivity index (χ4v) is 1.95. The average molecular weight is 386 g/mol. The molecule has 23 heavy (non-hydrogen) atoms. The van der Waals surface area contributed by atoms with E-state index in [-0.39, 0.29) is 5.82 Å². The van der Waals surface area contributed by atoms with Crippen LogP contribution in [0.5, 0.6) is 11.5 Å². The van der Waals surface area contributed by atoms with Gasteiger partial charge in [0.25, 0.3) is 0 Å². The smallest absolute Gasteiger partial charge is 0.456 e. The summed E-state index contributed by atoms with van der Waals surface area (Å²) < 4.78 is 47.9. The lowest BCUT2D eigenvalue weighted by Crippen LogP contribution is -2.04. The van der Waals surface area contributed by atoms with E-state index in [2.05, 4.69) is 35.6 Å². The molecular weight excluding hydrogens is 379 g/mol. The highest BCUT2D eigenvalue weighted by Gasteiger charge is 2.38. The van der Waals surface area contributed by atoms with Crippen molar-refractivity contribution in [1.82, 2.24) is 15.1 Å². The van der Waals surface area contributed by atoms with Crippen molar-refractivity contribution in [2.45, 2.75) is 6.18 Å². The Morgan fingerprint density at radius 2 is 1.91 bits per heavy atom. The van der Waals surface area contributed by atoms with Crippen molar-refractivity contribution in [1.29, 1.82) is 0 Å². The molecule has 9 heteroatoms. The van der Waals surface area contributed by atoms with E-state index in [1.807, 2.05) is 0 Å². The highest BCUT2D eigenvalue weighted by Crippen LogP contribution is 2.31. The van der Waals surface area contributed by atoms with Crippen molar-refractivity contribution in [3.05, 3.63) is 53.1 Å². The van der Waals surface area contributed by atoms with E-state index in [9.17, 15) is 13.2 Å². The summed E-state index contributed by atoms with van der Waals surface area (Å²) in [6.07, 6.45) is -3.17. The number of alkyl halides is 3. The van der Waals surface area contributed by atoms with Gasteiger partial charge in [0.2, 0.25) is 5.82 Å². The SMILES string of the molecule is FC(F)(F)c1nc(-c2cccc(Oc3ccc(Br)nc3)c2)no1. The van der Waals surface area contributed by atoms with Crippen LogP contribution in [0.1, 0.15) is 5.89 Å². The van der Waals surface area contributed by atoms with E-state index >= 15 is 0 Å². The fraction of sp³-hybridized carbons (Fsp3) is 0.0714. The summed E-state index contributed by atoms with van der Waals surface area (Å²) >= 11 is 3.21. The van der Waals surface area contributed by atoms with Crippen LogP contribution in [-0.4, -0.2) is 15.1 Å². The van der Waals surface area contributed by atoms with Crippen LogP contribution in [0.25, 0.3) is 11.4 Å². The molecule has 0 radical (unpaired) electrons. The monoisotopic (exact) mass is 385 g/mol. The zero-order valence-corrected chi connectivity index (χ0v) is 12.8. The zero-order chi connectivity index (χ0) is 16.4. The van der Waals surface area contributed by atoms with E-state index in [4.69, 9.17) is 4.74 Å². The molecule has 0 spiro atoms. The first-order valence-corrected chi connectivity index (χ1v) is 7.02. The van der Waals surface area contributed by atoms with Gasteiger partial charge < -0.3 is 9.26 Å². The number of nitrogens with zero attached hydrogens (tertiary/aromatic N) is 3. The predicted octanol–water partition coefficient (Wildman–Crippen LogP) is 4.71. The number of hydrogen-bond acceptors (Lipinski definition) is 5. The minimum atomic E-state index is -4.68. The standard InChI is InChI=1S/C14H7BrF3N3O2/c15-11-5-4-10(7-19-11)22-9-3-1-2-8(6-9)12-20-13(23-21-12)14(16,17)18/h1-7H. The van der Waals surface area contributed by atoms with Gasteiger partial charge in [-0.1, -0.05) is 17.3 Å². The van der Waals surface area contributed by atoms with Crippen LogP contribution in [0.3, 0.4) is 0 Å². The highest BCUT2D eigenvalue weighted by atomic mass is 79.9. The summed E-state index contributed by atoms with van der Waals surface area (Å²) in [7, 11) is 0. The van der Waals surface area contributed by atoms with Crippen LogP contribution in [0, 0.1) is 0 Å². The van der Waals surface area contributed by atoms with Crippen LogP contribution < -0.4 is 4.74 Å². The van der Waals surface area contributed by atoms with Crippen LogP contribution in [-0.2, 0) is 6.18 Å². The van der Waals surface area contributed by atoms with Crippen LogP contribution in [0.15, 0.2) is 51.7 Å². The van der Waals surface area contributed by atoms with Crippen LogP contribution in [0.2, 0.25) is 0 Å². The minimum Gasteiger partial charge on any atom is -0.456 e. The summed E-state index contributed by atoms with van der Waals surface area (Å²) in [6, 6.07) is 9.72. The molecule has 0 aliphatic rings. The Hall–Kier alpha value is -2.42. The molecule has 0 saturated carbocycles. The Morgan fingerprint density at radius 1 is 1.09 bits per heavy atom. The molecular formula is C14H7BrF3N3O2. The van der Waals surface area contributed by atoms with E-state index in [0.29, 0.717) is 21.7 Å². The quantitative estimate of drug-likeness (QED) is 0.611. The second kappa shape index (κ2) is 5.99. The molecule has 2 aromatic heterocycles. The topological polar surface area (TPSA) is 61.0 Å². The van der Waals surface area contributed by atoms with Crippen molar-refractivity contribution < 1.29 is 22.4 Å². The third kappa shape index (κ3) is 3.67. The van der Waals surface area contributed by atoms with Gasteiger partial charge in [0.1, 0.15) is 16.1 Å². The Bertz CT molecular complexity index is 819. The van der Waals surface area contributed by atoms with Crippen molar-refractivity contribution in [3.63, 3.8) is 0 Å². The second-order valence-electron chi connectivity index (χ2n) is 4.37. The number of benzene rings is 1. The number of ether oxygens (including phenoxy) is 1. The van der Waals surface area contributed by atoms with E-state index in [0.717, 1.165) is 0 Å². The van der Waals surface area contributed by atoms with Crippen molar-refractivity contribution in [2.24, 2.45) is 0 Å². The van der Waals surface area contributed by atoms with Gasteiger partial charge in [0, 0.05) is 5.56 Å². The lowest BCUT2D eigenvalue weighted by atomic mass is 10.2. The molecule has 0 amide bonds. The van der Waals surface area contributed by atoms with Gasteiger partial charge in [0.15, 0.2) is 0 Å². The van der Waals surface area contributed by atoms with Crippen molar-refractivity contribution in [3.8, 4) is 22.9 Å². The predicted molar refractivity (Wildman–Crippen MR) is 76.7 cm³/mol. The number of halogens is 4. The van der Waals surface area contributed by atoms with Gasteiger partial charge in [0.05, 0.1) is 6.20 Å². The molecule has 0 bridgehead atoms. The summed E-state index contributed by atoms with van der Waals surface area (Å²) in [6.45, 7) is 0. The molecule has 0 aliphatic carbocycles. The van der Waals surface area contributed by atoms with Gasteiger partial charge in [-0.05, 0) is 40.2 Å². The molecule has 5 nitrogen and oxygen atoms in total. The lowest BCUT2D eigenvalue weighted by Gasteiger charge is -2.06. The number of aromatic nitrogens is 3. The van der Waals surface area contributed by atoms with Gasteiger partial charge in [-0.2, -0.15) is 18.2 Å². The molecule has 1 aromatic carbocycles. The van der Waals surface area contributed by atoms with Gasteiger partial charge >= 0.3 is 12.1 Å². The van der Waals surface area contributed by atoms with Crippen LogP contribution in [0.4, 0.5) is 13.2 Å². The Kier molecular flexibility index (Phi) is 4.03. The molecule has 3 rings (SSSR count). The van der Waals surface area contributed by atoms with Crippen LogP contribution >= 0.6 is 15.9 Å². The molecule has 0 aliphatic heterocycles. The maximum Gasteiger partial charge on any atom is 0.471 e. The first kappa shape index (κ1) is 15.5. The van der Waals surface area contributed by atoms with Gasteiger partial charge in [-0.15, -0.1) is 0 Å². The minimum absolute atomic E-state index is 0.170. The molecule has 2 heterocycles. The Labute approximate surface area is 136 Å². The molecule has 118 valence electrons. The molecule has 0 saturated heterocycles. The zero-order valence-electron chi connectivity index (χ0n) is 11.2. The second-order valence-corrected chi connectivity index (χ2v) is 5.18. The third-order valence-corrected chi connectivity index (χ3v) is 3.17. The van der Waals surface area contributed by atoms with Gasteiger partial charge in [-0.25, -0.2) is 4.98 Å². The molecule has 0 atom stereocenters. The summed E-state index contributed by atoms with van der Waals surface area (Å²) in [5.41, 5.74) is 0.340. The molecule has 0 fully saturated rings. The maximum absolute atomic E-state index is 12.5. The first-order chi connectivity index (χ1) is 10.9. The summed E-state index contributed by atoms with van der Waals surface area (Å²) in [5.74, 6) is -0.674. The largest absolute Gasteiger partial charge is 0.471 e. The Morgan fingerprint density at radius 3 is 2.57 bits per heavy atom. The lowest BCUT2D eigenvalue weighted by molar-refractivity contribution is -0.159. The van der Waals surface area contributed by atoms with E-state index in [1.165, 1.54) is 12.3 Å². The number of pyridine rings is 1. The average Bonchev–Trinajstić information content (AvgIpc) is 3.00. The Balaban J connectivity index is 1.85. The number of hydrogen-bond donors (Lipinski definition) is 0. The maximum atomic E-state index is 12.5. The molecule has 3 aromatic rings. The third-order valence-electron chi connectivity index (χ3n) is 2.70. The highest BCUT2D eigenvalue weighted by molar-refractivity contribution is 9.10. The number of rotatable bonds is 3. The normalized spacial score (nSPS) is 11.5. The molecule has 0 N–H and O–H groups in total. The fourth-order valence-electron chi connectivity index (χ4n) is 1.71. The summed E-state index contributed by atoms with van der Waals surface area (Å²) in [5, 5.41) is 3.33. The van der Waals surface area contributed by atoms with E-state index in [1.54, 1.807) is 30.3 Å². The summed E-state index contributed by atoms with van der Waals surface area (Å²) in [4.78, 5) is 7.35. The van der Waals surface area contributed by atoms with E-state index < -0.39 is 12.1 Å². The molecule has 0 unspecified atom stereocenters. The van der Waals surface area contributed by atoms with Crippen molar-refractivity contribution >= 4 is 15.9 Å². The first-order valence-electron chi connectivity index (χ1n) is 6.22. The van der Waals surface area contributed by atoms with Crippen molar-refractivity contribution in [2.75, 3.05) is 0 Å².